The van der Waals surface area contributed by atoms with Gasteiger partial charge in [0.1, 0.15) is 0 Å². The maximum absolute atomic E-state index is 12.1. The van der Waals surface area contributed by atoms with Crippen LogP contribution < -0.4 is 5.32 Å². The van der Waals surface area contributed by atoms with E-state index in [9.17, 15) is 14.4 Å². The molecule has 1 aromatic heterocycles. The highest BCUT2D eigenvalue weighted by molar-refractivity contribution is 7.14. The van der Waals surface area contributed by atoms with E-state index in [1.165, 1.54) is 24.3 Å². The summed E-state index contributed by atoms with van der Waals surface area (Å²) in [5.74, 6) is -1.26. The molecule has 2 rings (SSSR count). The van der Waals surface area contributed by atoms with Crippen molar-refractivity contribution in [3.63, 3.8) is 0 Å². The average Bonchev–Trinajstić information content (AvgIpc) is 3.01. The Morgan fingerprint density at radius 3 is 2.50 bits per heavy atom. The molecule has 2 aromatic rings. The summed E-state index contributed by atoms with van der Waals surface area (Å²) in [4.78, 5) is 37.6. The van der Waals surface area contributed by atoms with Gasteiger partial charge in [-0.1, -0.05) is 23.2 Å². The summed E-state index contributed by atoms with van der Waals surface area (Å²) < 4.78 is 5.07. The van der Waals surface area contributed by atoms with Crippen molar-refractivity contribution in [2.45, 2.75) is 32.8 Å². The minimum atomic E-state index is -1.02. The molecule has 5 nitrogen and oxygen atoms in total. The third-order valence-corrected chi connectivity index (χ3v) is 5.03. The highest BCUT2D eigenvalue weighted by atomic mass is 35.5. The van der Waals surface area contributed by atoms with Crippen molar-refractivity contribution in [1.82, 2.24) is 0 Å². The number of nitrogens with one attached hydrogen (secondary N) is 1. The molecule has 0 saturated carbocycles. The maximum atomic E-state index is 12.1. The zero-order chi connectivity index (χ0) is 19.3. The van der Waals surface area contributed by atoms with Gasteiger partial charge in [0.2, 0.25) is 0 Å². The first-order valence-electron chi connectivity index (χ1n) is 7.81. The van der Waals surface area contributed by atoms with Gasteiger partial charge in [-0.2, -0.15) is 0 Å². The van der Waals surface area contributed by atoms with Gasteiger partial charge in [-0.15, -0.1) is 11.3 Å². The van der Waals surface area contributed by atoms with Crippen LogP contribution in [0.3, 0.4) is 0 Å². The molecule has 0 radical (unpaired) electrons. The standard InChI is InChI=1S/C18H17Cl2NO4S/c1-10-3-7-16(26-10)15(22)6-8-17(23)25-11(2)18(24)21-14-5-4-12(19)9-13(14)20/h3-5,7,9,11H,6,8H2,1-2H3,(H,21,24). The van der Waals surface area contributed by atoms with Gasteiger partial charge in [0.15, 0.2) is 11.9 Å². The monoisotopic (exact) mass is 413 g/mol. The fourth-order valence-corrected chi connectivity index (χ4v) is 3.35. The highest BCUT2D eigenvalue weighted by Crippen LogP contribution is 2.25. The minimum Gasteiger partial charge on any atom is -0.453 e. The molecule has 0 bridgehead atoms. The van der Waals surface area contributed by atoms with Crippen LogP contribution in [0.15, 0.2) is 30.3 Å². The molecule has 1 aromatic carbocycles. The van der Waals surface area contributed by atoms with Crippen LogP contribution in [-0.4, -0.2) is 23.8 Å². The zero-order valence-corrected chi connectivity index (χ0v) is 16.5. The fourth-order valence-electron chi connectivity index (χ4n) is 2.06. The number of carbonyl (C=O) groups is 3. The van der Waals surface area contributed by atoms with Crippen LogP contribution in [0.25, 0.3) is 0 Å². The summed E-state index contributed by atoms with van der Waals surface area (Å²) in [6, 6.07) is 8.22. The molecule has 1 heterocycles. The Morgan fingerprint density at radius 1 is 1.15 bits per heavy atom. The van der Waals surface area contributed by atoms with Crippen LogP contribution in [0, 0.1) is 6.92 Å². The first-order chi connectivity index (χ1) is 12.3. The Bertz CT molecular complexity index is 834. The topological polar surface area (TPSA) is 72.5 Å². The number of anilines is 1. The lowest BCUT2D eigenvalue weighted by Crippen LogP contribution is -2.30. The quantitative estimate of drug-likeness (QED) is 0.517. The normalized spacial score (nSPS) is 11.7. The van der Waals surface area contributed by atoms with E-state index in [2.05, 4.69) is 5.32 Å². The summed E-state index contributed by atoms with van der Waals surface area (Å²) in [5.41, 5.74) is 0.368. The Balaban J connectivity index is 1.82. The molecule has 8 heteroatoms. The summed E-state index contributed by atoms with van der Waals surface area (Å²) in [5, 5.41) is 3.29. The predicted molar refractivity (Wildman–Crippen MR) is 103 cm³/mol. The zero-order valence-electron chi connectivity index (χ0n) is 14.2. The second kappa shape index (κ2) is 9.16. The van der Waals surface area contributed by atoms with E-state index in [0.29, 0.717) is 15.6 Å². The third-order valence-electron chi connectivity index (χ3n) is 3.44. The molecule has 1 N–H and O–H groups in total. The number of carbonyl (C=O) groups excluding carboxylic acids is 3. The first kappa shape index (κ1) is 20.4. The highest BCUT2D eigenvalue weighted by Gasteiger charge is 2.20. The van der Waals surface area contributed by atoms with Crippen molar-refractivity contribution < 1.29 is 19.1 Å². The molecular weight excluding hydrogens is 397 g/mol. The molecule has 0 aliphatic heterocycles. The Hall–Kier alpha value is -1.89. The maximum Gasteiger partial charge on any atom is 0.307 e. The van der Waals surface area contributed by atoms with Gasteiger partial charge in [-0.05, 0) is 44.2 Å². The number of esters is 1. The lowest BCUT2D eigenvalue weighted by molar-refractivity contribution is -0.153. The van der Waals surface area contributed by atoms with Crippen molar-refractivity contribution in [3.8, 4) is 0 Å². The van der Waals surface area contributed by atoms with Crippen LogP contribution >= 0.6 is 34.5 Å². The van der Waals surface area contributed by atoms with Gasteiger partial charge >= 0.3 is 5.97 Å². The lowest BCUT2D eigenvalue weighted by atomic mass is 10.2. The smallest absolute Gasteiger partial charge is 0.307 e. The van der Waals surface area contributed by atoms with Crippen molar-refractivity contribution in [1.29, 1.82) is 0 Å². The number of halogens is 2. The second-order valence-corrected chi connectivity index (χ2v) is 7.71. The van der Waals surface area contributed by atoms with Crippen LogP contribution in [0.1, 0.15) is 34.3 Å². The van der Waals surface area contributed by atoms with Gasteiger partial charge in [0.05, 0.1) is 22.0 Å². The number of amides is 1. The lowest BCUT2D eigenvalue weighted by Gasteiger charge is -2.14. The van der Waals surface area contributed by atoms with Gasteiger partial charge < -0.3 is 10.1 Å². The van der Waals surface area contributed by atoms with Crippen molar-refractivity contribution in [3.05, 3.63) is 50.1 Å². The summed E-state index contributed by atoms with van der Waals surface area (Å²) in [6.07, 6.45) is -1.07. The molecule has 0 spiro atoms. The van der Waals surface area contributed by atoms with E-state index in [1.807, 2.05) is 13.0 Å². The Morgan fingerprint density at radius 2 is 1.88 bits per heavy atom. The van der Waals surface area contributed by atoms with Crippen molar-refractivity contribution in [2.24, 2.45) is 0 Å². The van der Waals surface area contributed by atoms with Crippen molar-refractivity contribution in [2.75, 3.05) is 5.32 Å². The van der Waals surface area contributed by atoms with E-state index in [-0.39, 0.29) is 23.6 Å². The van der Waals surface area contributed by atoms with E-state index in [4.69, 9.17) is 27.9 Å². The number of hydrogen-bond donors (Lipinski definition) is 1. The first-order valence-corrected chi connectivity index (χ1v) is 9.38. The molecule has 26 heavy (non-hydrogen) atoms. The Labute approximate surface area is 165 Å². The molecular formula is C18H17Cl2NO4S. The molecule has 0 saturated heterocycles. The third kappa shape index (κ3) is 5.83. The van der Waals surface area contributed by atoms with Crippen molar-refractivity contribution >= 4 is 57.9 Å². The number of thiophene rings is 1. The van der Waals surface area contributed by atoms with Gasteiger partial charge in [0, 0.05) is 16.3 Å². The molecule has 1 atom stereocenters. The van der Waals surface area contributed by atoms with E-state index in [0.717, 1.165) is 4.88 Å². The number of rotatable bonds is 7. The number of ketones is 1. The largest absolute Gasteiger partial charge is 0.453 e. The molecule has 1 unspecified atom stereocenters. The average molecular weight is 414 g/mol. The minimum absolute atomic E-state index is 0.0378. The molecule has 1 amide bonds. The van der Waals surface area contributed by atoms with Gasteiger partial charge in [0.25, 0.3) is 5.91 Å². The van der Waals surface area contributed by atoms with Gasteiger partial charge in [-0.3, -0.25) is 14.4 Å². The molecule has 0 aliphatic rings. The summed E-state index contributed by atoms with van der Waals surface area (Å²) >= 11 is 13.2. The Kier molecular flexibility index (Phi) is 7.20. The molecule has 138 valence electrons. The summed E-state index contributed by atoms with van der Waals surface area (Å²) in [7, 11) is 0. The predicted octanol–water partition coefficient (Wildman–Crippen LogP) is 4.90. The number of benzene rings is 1. The van der Waals surface area contributed by atoms with Crippen LogP contribution in [0.2, 0.25) is 10.0 Å². The number of hydrogen-bond acceptors (Lipinski definition) is 5. The fraction of sp³-hybridized carbons (Fsp3) is 0.278. The van der Waals surface area contributed by atoms with Crippen LogP contribution in [0.4, 0.5) is 5.69 Å². The molecule has 0 fully saturated rings. The summed E-state index contributed by atoms with van der Waals surface area (Å²) in [6.45, 7) is 3.35. The van der Waals surface area contributed by atoms with Crippen LogP contribution in [0.5, 0.6) is 0 Å². The van der Waals surface area contributed by atoms with E-state index < -0.39 is 18.0 Å². The SMILES string of the molecule is Cc1ccc(C(=O)CCC(=O)OC(C)C(=O)Nc2ccc(Cl)cc2Cl)s1. The second-order valence-electron chi connectivity index (χ2n) is 5.58. The van der Waals surface area contributed by atoms with E-state index in [1.54, 1.807) is 18.2 Å². The van der Waals surface area contributed by atoms with Crippen LogP contribution in [-0.2, 0) is 14.3 Å². The van der Waals surface area contributed by atoms with Gasteiger partial charge in [-0.25, -0.2) is 0 Å². The number of ether oxygens (including phenoxy) is 1. The van der Waals surface area contributed by atoms with E-state index >= 15 is 0 Å². The number of Topliss-reactive ketones (excluding diaryl/α,β-unsaturated/α-hetero) is 1. The number of aryl methyl sites for hydroxylation is 1. The molecule has 0 aliphatic carbocycles.